The molecule has 0 fully saturated rings. The van der Waals surface area contributed by atoms with Crippen LogP contribution < -0.4 is 14.8 Å². The molecule has 0 bridgehead atoms. The molecule has 0 radical (unpaired) electrons. The predicted molar refractivity (Wildman–Crippen MR) is 160 cm³/mol. The highest BCUT2D eigenvalue weighted by molar-refractivity contribution is 9.10. The van der Waals surface area contributed by atoms with Crippen molar-refractivity contribution in [3.63, 3.8) is 0 Å². The fourth-order valence-corrected chi connectivity index (χ4v) is 4.28. The first-order valence-corrected chi connectivity index (χ1v) is 13.6. The van der Waals surface area contributed by atoms with Gasteiger partial charge in [-0.2, -0.15) is 0 Å². The van der Waals surface area contributed by atoms with E-state index in [9.17, 15) is 9.59 Å². The van der Waals surface area contributed by atoms with Crippen molar-refractivity contribution >= 4 is 27.9 Å². The Morgan fingerprint density at radius 3 is 2.41 bits per heavy atom. The van der Waals surface area contributed by atoms with E-state index in [4.69, 9.17) is 14.2 Å². The van der Waals surface area contributed by atoms with Crippen molar-refractivity contribution in [2.24, 2.45) is 0 Å². The molecule has 0 spiro atoms. The van der Waals surface area contributed by atoms with E-state index in [1.54, 1.807) is 37.4 Å². The summed E-state index contributed by atoms with van der Waals surface area (Å²) in [5.41, 5.74) is 3.90. The van der Waals surface area contributed by atoms with Crippen molar-refractivity contribution in [1.29, 1.82) is 0 Å². The predicted octanol–water partition coefficient (Wildman–Crippen LogP) is 5.91. The average molecular weight is 617 g/mol. The van der Waals surface area contributed by atoms with Crippen LogP contribution >= 0.6 is 15.9 Å². The molecule has 210 valence electrons. The van der Waals surface area contributed by atoms with Crippen LogP contribution in [0.5, 0.6) is 11.5 Å². The highest BCUT2D eigenvalue weighted by atomic mass is 79.9. The van der Waals surface area contributed by atoms with Crippen molar-refractivity contribution in [2.75, 3.05) is 20.8 Å². The summed E-state index contributed by atoms with van der Waals surface area (Å²) < 4.78 is 16.9. The smallest absolute Gasteiger partial charge is 0.407 e. The number of H-pyrrole nitrogens is 1. The molecule has 0 saturated heterocycles. The number of hydrogen-bond acceptors (Lipinski definition) is 5. The van der Waals surface area contributed by atoms with Crippen LogP contribution in [0.4, 0.5) is 4.79 Å². The summed E-state index contributed by atoms with van der Waals surface area (Å²) in [6, 6.07) is 24.3. The lowest BCUT2D eigenvalue weighted by molar-refractivity contribution is 0.0759. The van der Waals surface area contributed by atoms with Gasteiger partial charge in [-0.3, -0.25) is 4.79 Å². The van der Waals surface area contributed by atoms with E-state index in [0.29, 0.717) is 30.3 Å². The van der Waals surface area contributed by atoms with Crippen molar-refractivity contribution in [3.8, 4) is 23.3 Å². The Balaban J connectivity index is 1.38. The number of amides is 2. The molecular weight excluding hydrogens is 586 g/mol. The van der Waals surface area contributed by atoms with Gasteiger partial charge < -0.3 is 29.4 Å². The van der Waals surface area contributed by atoms with Gasteiger partial charge in [-0.15, -0.1) is 0 Å². The van der Waals surface area contributed by atoms with Crippen molar-refractivity contribution in [1.82, 2.24) is 15.2 Å². The molecule has 4 rings (SSSR count). The van der Waals surface area contributed by atoms with Gasteiger partial charge in [0.25, 0.3) is 5.91 Å². The number of halogens is 1. The lowest BCUT2D eigenvalue weighted by Crippen LogP contribution is -2.31. The number of nitrogens with one attached hydrogen (secondary N) is 2. The van der Waals surface area contributed by atoms with Crippen molar-refractivity contribution < 1.29 is 23.8 Å². The summed E-state index contributed by atoms with van der Waals surface area (Å²) in [6.45, 7) is 1.04. The third-order valence-corrected chi connectivity index (χ3v) is 6.58. The SMILES string of the molecule is COc1ccc(CN(CC#Cc2ccc(CNC(=O)OCc3ccccc3)cc2)C(=O)c2cc(Br)c[nH]2)c(OC)c1. The standard InChI is InChI=1S/C32H30BrN3O5/c1-39-28-15-14-26(30(18-28)40-2)21-36(31(37)29-17-27(33)20-34-29)16-6-9-23-10-12-24(13-11-23)19-35-32(38)41-22-25-7-4-3-5-8-25/h3-5,7-8,10-15,17-18,20,34H,16,19,21-22H2,1-2H3,(H,35,38). The Morgan fingerprint density at radius 1 is 0.951 bits per heavy atom. The second-order valence-corrected chi connectivity index (χ2v) is 9.90. The van der Waals surface area contributed by atoms with E-state index in [1.165, 1.54) is 0 Å². The van der Waals surface area contributed by atoms with Gasteiger partial charge in [0.05, 0.1) is 27.3 Å². The summed E-state index contributed by atoms with van der Waals surface area (Å²) in [6.07, 6.45) is 1.23. The molecule has 0 atom stereocenters. The van der Waals surface area contributed by atoms with Crippen LogP contribution in [-0.2, 0) is 24.4 Å². The number of hydrogen-bond donors (Lipinski definition) is 2. The second kappa shape index (κ2) is 14.6. The summed E-state index contributed by atoms with van der Waals surface area (Å²) in [7, 11) is 3.17. The highest BCUT2D eigenvalue weighted by Gasteiger charge is 2.19. The minimum absolute atomic E-state index is 0.191. The molecule has 1 aromatic heterocycles. The number of carbonyl (C=O) groups is 2. The molecule has 4 aromatic rings. The molecule has 3 aromatic carbocycles. The summed E-state index contributed by atoms with van der Waals surface area (Å²) in [5, 5.41) is 2.75. The van der Waals surface area contributed by atoms with E-state index in [2.05, 4.69) is 38.1 Å². The number of methoxy groups -OCH3 is 2. The molecule has 0 aliphatic rings. The fourth-order valence-electron chi connectivity index (χ4n) is 3.94. The molecule has 0 aliphatic heterocycles. The topological polar surface area (TPSA) is 92.9 Å². The number of aromatic nitrogens is 1. The third kappa shape index (κ3) is 8.65. The maximum atomic E-state index is 13.3. The zero-order valence-electron chi connectivity index (χ0n) is 22.8. The molecule has 2 amide bonds. The zero-order valence-corrected chi connectivity index (χ0v) is 24.4. The first-order valence-electron chi connectivity index (χ1n) is 12.8. The van der Waals surface area contributed by atoms with Crippen LogP contribution in [-0.4, -0.2) is 42.6 Å². The summed E-state index contributed by atoms with van der Waals surface area (Å²) in [4.78, 5) is 30.0. The Labute approximate surface area is 247 Å². The van der Waals surface area contributed by atoms with Crippen LogP contribution in [0.1, 0.15) is 32.7 Å². The monoisotopic (exact) mass is 615 g/mol. The van der Waals surface area contributed by atoms with E-state index < -0.39 is 6.09 Å². The molecule has 0 unspecified atom stereocenters. The number of nitrogens with zero attached hydrogens (tertiary/aromatic N) is 1. The van der Waals surface area contributed by atoms with Gasteiger partial charge in [-0.1, -0.05) is 54.3 Å². The van der Waals surface area contributed by atoms with Gasteiger partial charge in [0.15, 0.2) is 0 Å². The highest BCUT2D eigenvalue weighted by Crippen LogP contribution is 2.26. The van der Waals surface area contributed by atoms with Crippen LogP contribution in [0.15, 0.2) is 89.5 Å². The maximum absolute atomic E-state index is 13.3. The molecule has 0 aliphatic carbocycles. The average Bonchev–Trinajstić information content (AvgIpc) is 3.45. The largest absolute Gasteiger partial charge is 0.497 e. The van der Waals surface area contributed by atoms with E-state index in [0.717, 1.165) is 26.7 Å². The van der Waals surface area contributed by atoms with Crippen molar-refractivity contribution in [3.05, 3.63) is 117 Å². The van der Waals surface area contributed by atoms with E-state index in [1.807, 2.05) is 66.7 Å². The molecule has 2 N–H and O–H groups in total. The lowest BCUT2D eigenvalue weighted by atomic mass is 10.1. The van der Waals surface area contributed by atoms with Gasteiger partial charge >= 0.3 is 6.09 Å². The minimum Gasteiger partial charge on any atom is -0.497 e. The summed E-state index contributed by atoms with van der Waals surface area (Å²) in [5.74, 6) is 7.33. The molecule has 41 heavy (non-hydrogen) atoms. The number of rotatable bonds is 10. The first kappa shape index (κ1) is 29.3. The maximum Gasteiger partial charge on any atom is 0.407 e. The zero-order chi connectivity index (χ0) is 29.0. The van der Waals surface area contributed by atoms with Gasteiger partial charge in [-0.25, -0.2) is 4.79 Å². The number of alkyl carbamates (subject to hydrolysis) is 1. The number of benzene rings is 3. The van der Waals surface area contributed by atoms with Crippen LogP contribution in [0.2, 0.25) is 0 Å². The quantitative estimate of drug-likeness (QED) is 0.216. The van der Waals surface area contributed by atoms with Crippen molar-refractivity contribution in [2.45, 2.75) is 19.7 Å². The molecule has 1 heterocycles. The van der Waals surface area contributed by atoms with Gasteiger partial charge in [0, 0.05) is 34.4 Å². The number of ether oxygens (including phenoxy) is 3. The Morgan fingerprint density at radius 2 is 1.73 bits per heavy atom. The molecule has 8 nitrogen and oxygen atoms in total. The molecular formula is C32H30BrN3O5. The lowest BCUT2D eigenvalue weighted by Gasteiger charge is -2.21. The Kier molecular flexibility index (Phi) is 10.5. The third-order valence-electron chi connectivity index (χ3n) is 6.13. The molecule has 0 saturated carbocycles. The normalized spacial score (nSPS) is 10.2. The number of aromatic amines is 1. The Bertz CT molecular complexity index is 1520. The molecule has 9 heteroatoms. The number of carbonyl (C=O) groups excluding carboxylic acids is 2. The Hall–Kier alpha value is -4.68. The van der Waals surface area contributed by atoms with Crippen LogP contribution in [0.3, 0.4) is 0 Å². The summed E-state index contributed by atoms with van der Waals surface area (Å²) >= 11 is 3.39. The fraction of sp³-hybridized carbons (Fsp3) is 0.188. The van der Waals surface area contributed by atoms with E-state index >= 15 is 0 Å². The van der Waals surface area contributed by atoms with Gasteiger partial charge in [-0.05, 0) is 57.4 Å². The minimum atomic E-state index is -0.481. The van der Waals surface area contributed by atoms with Gasteiger partial charge in [0.2, 0.25) is 0 Å². The van der Waals surface area contributed by atoms with Crippen LogP contribution in [0, 0.1) is 11.8 Å². The van der Waals surface area contributed by atoms with Crippen LogP contribution in [0.25, 0.3) is 0 Å². The second-order valence-electron chi connectivity index (χ2n) is 8.98. The van der Waals surface area contributed by atoms with Gasteiger partial charge in [0.1, 0.15) is 23.8 Å². The van der Waals surface area contributed by atoms with E-state index in [-0.39, 0.29) is 19.1 Å². The first-order chi connectivity index (χ1) is 19.9.